The molecule has 11 nitrogen and oxygen atoms in total. The third-order valence-electron chi connectivity index (χ3n) is 7.81. The number of aromatic nitrogens is 8. The molecule has 6 rings (SSSR count). The van der Waals surface area contributed by atoms with E-state index in [-0.39, 0.29) is 16.7 Å². The number of hydrogen-bond donors (Lipinski definition) is 1. The average molecular weight is 569 g/mol. The fourth-order valence-corrected chi connectivity index (χ4v) is 5.42. The Morgan fingerprint density at radius 3 is 2.36 bits per heavy atom. The van der Waals surface area contributed by atoms with Gasteiger partial charge in [-0.2, -0.15) is 0 Å². The molecule has 1 aliphatic rings. The van der Waals surface area contributed by atoms with Gasteiger partial charge in [-0.1, -0.05) is 69.3 Å². The predicted molar refractivity (Wildman–Crippen MR) is 160 cm³/mol. The molecule has 5 aromatic rings. The van der Waals surface area contributed by atoms with E-state index in [4.69, 9.17) is 9.72 Å². The van der Waals surface area contributed by atoms with Crippen molar-refractivity contribution in [2.75, 3.05) is 7.11 Å². The largest absolute Gasteiger partial charge is 0.361 e. The van der Waals surface area contributed by atoms with Crippen LogP contribution >= 0.6 is 0 Å². The first-order valence-electron chi connectivity index (χ1n) is 14.3. The Balaban J connectivity index is 1.47. The zero-order valence-corrected chi connectivity index (χ0v) is 24.7. The number of nitrogens with one attached hydrogen (secondary N) is 1. The van der Waals surface area contributed by atoms with Crippen LogP contribution in [0.25, 0.3) is 33.7 Å². The highest BCUT2D eigenvalue weighted by Gasteiger charge is 2.29. The maximum Gasteiger partial charge on any atom is 0.334 e. The normalized spacial score (nSPS) is 14.5. The Morgan fingerprint density at radius 1 is 1.02 bits per heavy atom. The molecule has 0 spiro atoms. The van der Waals surface area contributed by atoms with Gasteiger partial charge in [-0.05, 0) is 58.2 Å². The summed E-state index contributed by atoms with van der Waals surface area (Å²) in [6, 6.07) is 16.2. The lowest BCUT2D eigenvalue weighted by molar-refractivity contribution is 0.0529. The van der Waals surface area contributed by atoms with Gasteiger partial charge in [-0.15, -0.1) is 5.10 Å². The number of fused-ring (bicyclic) bond motifs is 1. The lowest BCUT2D eigenvalue weighted by Crippen LogP contribution is -2.43. The molecule has 1 atom stereocenters. The highest BCUT2D eigenvalue weighted by Crippen LogP contribution is 2.32. The van der Waals surface area contributed by atoms with Crippen molar-refractivity contribution in [3.05, 3.63) is 80.8 Å². The minimum absolute atomic E-state index is 0.0806. The van der Waals surface area contributed by atoms with Crippen molar-refractivity contribution in [2.24, 2.45) is 11.3 Å². The fourth-order valence-electron chi connectivity index (χ4n) is 5.42. The first-order valence-corrected chi connectivity index (χ1v) is 14.3. The van der Waals surface area contributed by atoms with E-state index in [9.17, 15) is 9.59 Å². The Labute approximate surface area is 243 Å². The maximum absolute atomic E-state index is 14.0. The second-order valence-electron chi connectivity index (χ2n) is 12.4. The Kier molecular flexibility index (Phi) is 7.14. The molecule has 11 heteroatoms. The number of benzene rings is 2. The van der Waals surface area contributed by atoms with Crippen molar-refractivity contribution in [1.29, 1.82) is 0 Å². The van der Waals surface area contributed by atoms with Gasteiger partial charge in [0, 0.05) is 32.2 Å². The molecule has 0 bridgehead atoms. The van der Waals surface area contributed by atoms with Gasteiger partial charge in [0.05, 0.1) is 0 Å². The van der Waals surface area contributed by atoms with E-state index < -0.39 is 6.23 Å². The summed E-state index contributed by atoms with van der Waals surface area (Å²) in [5, 5.41) is 14.4. The van der Waals surface area contributed by atoms with E-state index in [0.29, 0.717) is 42.4 Å². The van der Waals surface area contributed by atoms with Crippen molar-refractivity contribution >= 4 is 11.2 Å². The number of hydrogen-bond acceptors (Lipinski definition) is 7. The van der Waals surface area contributed by atoms with Gasteiger partial charge in [-0.25, -0.2) is 19.4 Å². The molecule has 0 amide bonds. The molecule has 3 aromatic heterocycles. The first-order chi connectivity index (χ1) is 20.1. The number of methoxy groups -OCH3 is 1. The van der Waals surface area contributed by atoms with Crippen molar-refractivity contribution in [2.45, 2.75) is 66.3 Å². The molecule has 1 fully saturated rings. The number of ether oxygens (including phenoxy) is 1. The van der Waals surface area contributed by atoms with Crippen LogP contribution in [0.3, 0.4) is 0 Å². The van der Waals surface area contributed by atoms with Gasteiger partial charge in [-0.3, -0.25) is 9.36 Å². The number of tetrazole rings is 1. The summed E-state index contributed by atoms with van der Waals surface area (Å²) in [7, 11) is 1.51. The summed E-state index contributed by atoms with van der Waals surface area (Å²) in [5.41, 5.74) is 4.01. The van der Waals surface area contributed by atoms with E-state index >= 15 is 0 Å². The quantitative estimate of drug-likeness (QED) is 0.279. The first kappa shape index (κ1) is 27.8. The third-order valence-corrected chi connectivity index (χ3v) is 7.81. The second-order valence-corrected chi connectivity index (χ2v) is 12.4. The summed E-state index contributed by atoms with van der Waals surface area (Å²) in [5.74, 6) is 1.81. The van der Waals surface area contributed by atoms with Crippen molar-refractivity contribution in [1.82, 2.24) is 39.3 Å². The number of H-pyrrole nitrogens is 1. The zero-order valence-electron chi connectivity index (χ0n) is 24.7. The van der Waals surface area contributed by atoms with Gasteiger partial charge in [0.25, 0.3) is 5.56 Å². The number of imidazole rings is 1. The van der Waals surface area contributed by atoms with Crippen LogP contribution in [0.15, 0.2) is 58.1 Å². The highest BCUT2D eigenvalue weighted by atomic mass is 16.5. The van der Waals surface area contributed by atoms with Crippen LogP contribution in [-0.2, 0) is 24.2 Å². The van der Waals surface area contributed by atoms with Gasteiger partial charge >= 0.3 is 5.69 Å². The lowest BCUT2D eigenvalue weighted by atomic mass is 9.92. The van der Waals surface area contributed by atoms with Crippen LogP contribution in [0.5, 0.6) is 0 Å². The van der Waals surface area contributed by atoms with Crippen LogP contribution in [0, 0.1) is 11.3 Å². The SMILES string of the molecule is COC(C)n1c(=O)c2c(nc(CC(C)(C)C)n2Cc2ccc(-c3ccccc3-c3nnn[nH]3)cc2)n(CC2CC2)c1=O. The predicted octanol–water partition coefficient (Wildman–Crippen LogP) is 4.42. The van der Waals surface area contributed by atoms with Crippen molar-refractivity contribution < 1.29 is 4.74 Å². The molecule has 1 saturated carbocycles. The molecule has 0 saturated heterocycles. The number of nitrogens with zero attached hydrogens (tertiary/aromatic N) is 7. The van der Waals surface area contributed by atoms with E-state index in [2.05, 4.69) is 65.7 Å². The minimum Gasteiger partial charge on any atom is -0.361 e. The molecule has 3 heterocycles. The van der Waals surface area contributed by atoms with Crippen LogP contribution in [0.2, 0.25) is 0 Å². The maximum atomic E-state index is 14.0. The molecule has 1 N–H and O–H groups in total. The molecule has 1 aliphatic carbocycles. The Bertz CT molecular complexity index is 1840. The zero-order chi connectivity index (χ0) is 29.6. The van der Waals surface area contributed by atoms with E-state index in [0.717, 1.165) is 40.9 Å². The Morgan fingerprint density at radius 2 is 1.74 bits per heavy atom. The van der Waals surface area contributed by atoms with Crippen molar-refractivity contribution in [3.63, 3.8) is 0 Å². The van der Waals surface area contributed by atoms with Gasteiger partial charge in [0.2, 0.25) is 0 Å². The third kappa shape index (κ3) is 5.32. The summed E-state index contributed by atoms with van der Waals surface area (Å²) in [4.78, 5) is 32.5. The van der Waals surface area contributed by atoms with Gasteiger partial charge < -0.3 is 9.30 Å². The molecular formula is C31H36N8O3. The lowest BCUT2D eigenvalue weighted by Gasteiger charge is -2.19. The Hall–Kier alpha value is -4.38. The molecular weight excluding hydrogens is 532 g/mol. The second kappa shape index (κ2) is 10.8. The standard InChI is InChI=1S/C31H36N8O3/c1-19(42-5)39-29(40)26-28(38(30(39)41)18-20-10-11-20)32-25(16-31(2,3)4)37(26)17-21-12-14-22(15-13-21)23-8-6-7-9-24(23)27-33-35-36-34-27/h6-9,12-15,19-20H,10-11,16-18H2,1-5H3,(H,33,34,35,36). The molecule has 0 aliphatic heterocycles. The molecule has 0 radical (unpaired) electrons. The average Bonchev–Trinajstić information content (AvgIpc) is 3.48. The van der Waals surface area contributed by atoms with E-state index in [1.54, 1.807) is 11.5 Å². The fraction of sp³-hybridized carbons (Fsp3) is 0.419. The smallest absolute Gasteiger partial charge is 0.334 e. The van der Waals surface area contributed by atoms with E-state index in [1.807, 2.05) is 28.8 Å². The van der Waals surface area contributed by atoms with Crippen molar-refractivity contribution in [3.8, 4) is 22.5 Å². The molecule has 1 unspecified atom stereocenters. The van der Waals surface area contributed by atoms with Crippen LogP contribution in [0.1, 0.15) is 58.2 Å². The number of aromatic amines is 1. The summed E-state index contributed by atoms with van der Waals surface area (Å²) < 4.78 is 10.4. The summed E-state index contributed by atoms with van der Waals surface area (Å²) in [6.07, 6.45) is 2.10. The summed E-state index contributed by atoms with van der Waals surface area (Å²) in [6.45, 7) is 9.15. The molecule has 218 valence electrons. The minimum atomic E-state index is -0.701. The van der Waals surface area contributed by atoms with E-state index in [1.165, 1.54) is 11.7 Å². The molecule has 2 aromatic carbocycles. The topological polar surface area (TPSA) is 126 Å². The highest BCUT2D eigenvalue weighted by molar-refractivity contribution is 5.80. The molecule has 42 heavy (non-hydrogen) atoms. The monoisotopic (exact) mass is 568 g/mol. The van der Waals surface area contributed by atoms with Crippen LogP contribution < -0.4 is 11.2 Å². The van der Waals surface area contributed by atoms with Gasteiger partial charge in [0.15, 0.2) is 17.0 Å². The summed E-state index contributed by atoms with van der Waals surface area (Å²) >= 11 is 0. The van der Waals surface area contributed by atoms with Gasteiger partial charge in [0.1, 0.15) is 12.1 Å². The van der Waals surface area contributed by atoms with Crippen LogP contribution in [0.4, 0.5) is 0 Å². The number of rotatable bonds is 9. The van der Waals surface area contributed by atoms with Crippen LogP contribution in [-0.4, -0.2) is 46.4 Å².